The van der Waals surface area contributed by atoms with Crippen LogP contribution in [0, 0.1) is 18.8 Å². The molecule has 0 saturated carbocycles. The van der Waals surface area contributed by atoms with Gasteiger partial charge in [0.05, 0.1) is 0 Å². The van der Waals surface area contributed by atoms with E-state index in [1.165, 1.54) is 10.5 Å². The van der Waals surface area contributed by atoms with Gasteiger partial charge in [-0.3, -0.25) is 9.59 Å². The molecular formula is C23H30N4O4S. The second-order valence-corrected chi connectivity index (χ2v) is 10.6. The van der Waals surface area contributed by atoms with Crippen molar-refractivity contribution in [1.29, 1.82) is 0 Å². The van der Waals surface area contributed by atoms with E-state index in [2.05, 4.69) is 4.98 Å². The summed E-state index contributed by atoms with van der Waals surface area (Å²) in [4.78, 5) is 31.7. The average molecular weight is 459 g/mol. The van der Waals surface area contributed by atoms with Crippen molar-refractivity contribution in [3.8, 4) is 0 Å². The smallest absolute Gasteiger partial charge is 0.262 e. The Morgan fingerprint density at radius 3 is 2.09 bits per heavy atom. The summed E-state index contributed by atoms with van der Waals surface area (Å²) in [5, 5.41) is 0.0624. The molecule has 0 radical (unpaired) electrons. The van der Waals surface area contributed by atoms with Crippen LogP contribution in [0.5, 0.6) is 0 Å². The molecule has 1 aromatic carbocycles. The first-order valence-corrected chi connectivity index (χ1v) is 12.6. The molecule has 1 amide bonds. The Morgan fingerprint density at radius 2 is 1.53 bits per heavy atom. The summed E-state index contributed by atoms with van der Waals surface area (Å²) in [6.07, 6.45) is 3.89. The number of carbonyl (C=O) groups excluding carboxylic acids is 2. The summed E-state index contributed by atoms with van der Waals surface area (Å²) in [7, 11) is -1.88. The predicted octanol–water partition coefficient (Wildman–Crippen LogP) is 2.25. The first-order chi connectivity index (χ1) is 15.3. The summed E-state index contributed by atoms with van der Waals surface area (Å²) in [6, 6.07) is 9.31. The van der Waals surface area contributed by atoms with Crippen molar-refractivity contribution >= 4 is 21.7 Å². The average Bonchev–Trinajstić information content (AvgIpc) is 3.18. The molecule has 172 valence electrons. The maximum atomic E-state index is 13.0. The summed E-state index contributed by atoms with van der Waals surface area (Å²) in [6.45, 7) is 3.55. The van der Waals surface area contributed by atoms with Gasteiger partial charge in [0.1, 0.15) is 5.82 Å². The number of ketones is 1. The monoisotopic (exact) mass is 458 g/mol. The number of Topliss-reactive ketones (excluding diaryl/α,β-unsaturated/α-hetero) is 1. The van der Waals surface area contributed by atoms with Crippen LogP contribution >= 0.6 is 0 Å². The van der Waals surface area contributed by atoms with Crippen molar-refractivity contribution in [2.24, 2.45) is 18.9 Å². The minimum absolute atomic E-state index is 0.0460. The van der Waals surface area contributed by atoms with Crippen LogP contribution in [0.25, 0.3) is 0 Å². The highest BCUT2D eigenvalue weighted by atomic mass is 32.2. The third-order valence-electron chi connectivity index (χ3n) is 6.73. The number of nitrogens with zero attached hydrogens (tertiary/aromatic N) is 4. The topological polar surface area (TPSA) is 92.6 Å². The van der Waals surface area contributed by atoms with Gasteiger partial charge in [0.25, 0.3) is 10.0 Å². The maximum Gasteiger partial charge on any atom is 0.262 e. The highest BCUT2D eigenvalue weighted by molar-refractivity contribution is 7.89. The molecule has 4 rings (SSSR count). The van der Waals surface area contributed by atoms with Gasteiger partial charge in [-0.1, -0.05) is 30.3 Å². The third kappa shape index (κ3) is 4.49. The molecule has 2 aliphatic heterocycles. The Labute approximate surface area is 189 Å². The Hall–Kier alpha value is -2.52. The lowest BCUT2D eigenvalue weighted by Crippen LogP contribution is -2.47. The number of sulfonamides is 1. The summed E-state index contributed by atoms with van der Waals surface area (Å²) in [5.74, 6) is 0.661. The van der Waals surface area contributed by atoms with Gasteiger partial charge < -0.3 is 9.47 Å². The van der Waals surface area contributed by atoms with E-state index in [-0.39, 0.29) is 28.6 Å². The van der Waals surface area contributed by atoms with Crippen molar-refractivity contribution in [1.82, 2.24) is 18.8 Å². The second-order valence-electron chi connectivity index (χ2n) is 8.75. The largest absolute Gasteiger partial charge is 0.342 e. The molecule has 1 aromatic heterocycles. The van der Waals surface area contributed by atoms with Crippen molar-refractivity contribution in [3.63, 3.8) is 0 Å². The van der Waals surface area contributed by atoms with Gasteiger partial charge in [0.15, 0.2) is 10.8 Å². The fourth-order valence-electron chi connectivity index (χ4n) is 4.58. The molecule has 2 aliphatic rings. The van der Waals surface area contributed by atoms with Gasteiger partial charge in [-0.15, -0.1) is 0 Å². The van der Waals surface area contributed by atoms with Crippen LogP contribution in [-0.4, -0.2) is 65.0 Å². The minimum Gasteiger partial charge on any atom is -0.342 e. The lowest BCUT2D eigenvalue weighted by Gasteiger charge is -2.36. The summed E-state index contributed by atoms with van der Waals surface area (Å²) < 4.78 is 28.9. The van der Waals surface area contributed by atoms with Crippen LogP contribution in [-0.2, 0) is 21.9 Å². The number of piperidine rings is 2. The predicted molar refractivity (Wildman–Crippen MR) is 120 cm³/mol. The zero-order valence-electron chi connectivity index (χ0n) is 18.6. The van der Waals surface area contributed by atoms with E-state index >= 15 is 0 Å². The SMILES string of the molecule is Cc1nc(S(=O)(=O)N2CCC(C(=O)N3CCC(C(=O)c4ccccc4)CC3)CC2)cn1C. The van der Waals surface area contributed by atoms with Gasteiger partial charge in [0, 0.05) is 56.8 Å². The number of aryl methyl sites for hydroxylation is 2. The summed E-state index contributed by atoms with van der Waals surface area (Å²) >= 11 is 0. The van der Waals surface area contributed by atoms with Gasteiger partial charge in [-0.25, -0.2) is 13.4 Å². The number of likely N-dealkylation sites (tertiary alicyclic amines) is 1. The molecule has 8 nitrogen and oxygen atoms in total. The van der Waals surface area contributed by atoms with E-state index in [1.807, 2.05) is 35.2 Å². The van der Waals surface area contributed by atoms with E-state index in [4.69, 9.17) is 0 Å². The standard InChI is InChI=1S/C23H30N4O4S/c1-17-24-21(16-25(17)2)32(30,31)27-14-10-20(11-15-27)23(29)26-12-8-19(9-13-26)22(28)18-6-4-3-5-7-18/h3-7,16,19-20H,8-15H2,1-2H3. The lowest BCUT2D eigenvalue weighted by atomic mass is 9.88. The van der Waals surface area contributed by atoms with E-state index in [0.29, 0.717) is 57.7 Å². The normalized spacial score (nSPS) is 19.2. The molecule has 2 saturated heterocycles. The van der Waals surface area contributed by atoms with Crippen LogP contribution in [0.4, 0.5) is 0 Å². The first kappa shape index (κ1) is 22.7. The number of amides is 1. The van der Waals surface area contributed by atoms with E-state index in [0.717, 1.165) is 5.56 Å². The van der Waals surface area contributed by atoms with Crippen LogP contribution in [0.1, 0.15) is 41.9 Å². The number of benzene rings is 1. The number of imidazole rings is 1. The molecule has 32 heavy (non-hydrogen) atoms. The van der Waals surface area contributed by atoms with E-state index in [1.54, 1.807) is 18.5 Å². The Kier molecular flexibility index (Phi) is 6.48. The second kappa shape index (κ2) is 9.15. The molecule has 0 bridgehead atoms. The number of rotatable bonds is 5. The third-order valence-corrected chi connectivity index (χ3v) is 8.50. The molecule has 0 aliphatic carbocycles. The zero-order valence-corrected chi connectivity index (χ0v) is 19.4. The van der Waals surface area contributed by atoms with Crippen LogP contribution in [0.15, 0.2) is 41.6 Å². The Morgan fingerprint density at radius 1 is 0.938 bits per heavy atom. The number of aromatic nitrogens is 2. The van der Waals surface area contributed by atoms with Crippen molar-refractivity contribution in [3.05, 3.63) is 47.9 Å². The molecule has 0 N–H and O–H groups in total. The quantitative estimate of drug-likeness (QED) is 0.641. The van der Waals surface area contributed by atoms with E-state index in [9.17, 15) is 18.0 Å². The van der Waals surface area contributed by atoms with Gasteiger partial charge in [-0.2, -0.15) is 4.31 Å². The fraction of sp³-hybridized carbons (Fsp3) is 0.522. The zero-order chi connectivity index (χ0) is 22.9. The molecule has 0 spiro atoms. The van der Waals surface area contributed by atoms with Crippen LogP contribution in [0.3, 0.4) is 0 Å². The van der Waals surface area contributed by atoms with Gasteiger partial charge in [-0.05, 0) is 32.6 Å². The van der Waals surface area contributed by atoms with Gasteiger partial charge in [0.2, 0.25) is 5.91 Å². The molecule has 2 aromatic rings. The van der Waals surface area contributed by atoms with Crippen LogP contribution < -0.4 is 0 Å². The molecular weight excluding hydrogens is 428 g/mol. The number of hydrogen-bond donors (Lipinski definition) is 0. The fourth-order valence-corrected chi connectivity index (χ4v) is 6.08. The maximum absolute atomic E-state index is 13.0. The molecule has 0 atom stereocenters. The number of carbonyl (C=O) groups is 2. The van der Waals surface area contributed by atoms with Crippen molar-refractivity contribution in [2.75, 3.05) is 26.2 Å². The molecule has 9 heteroatoms. The lowest BCUT2D eigenvalue weighted by molar-refractivity contribution is -0.138. The first-order valence-electron chi connectivity index (χ1n) is 11.2. The molecule has 3 heterocycles. The molecule has 0 unspecified atom stereocenters. The van der Waals surface area contributed by atoms with Gasteiger partial charge >= 0.3 is 0 Å². The summed E-state index contributed by atoms with van der Waals surface area (Å²) in [5.41, 5.74) is 0.731. The van der Waals surface area contributed by atoms with Crippen molar-refractivity contribution in [2.45, 2.75) is 37.6 Å². The molecule has 2 fully saturated rings. The van der Waals surface area contributed by atoms with Crippen LogP contribution in [0.2, 0.25) is 0 Å². The Balaban J connectivity index is 1.30. The number of hydrogen-bond acceptors (Lipinski definition) is 5. The Bertz CT molecular complexity index is 1060. The minimum atomic E-state index is -3.64. The highest BCUT2D eigenvalue weighted by Crippen LogP contribution is 2.28. The van der Waals surface area contributed by atoms with Crippen molar-refractivity contribution < 1.29 is 18.0 Å². The highest BCUT2D eigenvalue weighted by Gasteiger charge is 2.36. The van der Waals surface area contributed by atoms with E-state index < -0.39 is 10.0 Å².